The van der Waals surface area contributed by atoms with Gasteiger partial charge < -0.3 is 5.73 Å². The van der Waals surface area contributed by atoms with Crippen molar-refractivity contribution in [3.63, 3.8) is 0 Å². The summed E-state index contributed by atoms with van der Waals surface area (Å²) in [6, 6.07) is 4.65. The highest BCUT2D eigenvalue weighted by atomic mass is 79.9. The van der Waals surface area contributed by atoms with Crippen LogP contribution in [-0.2, 0) is 11.2 Å². The molecule has 0 bridgehead atoms. The molecule has 2 nitrogen and oxygen atoms in total. The lowest BCUT2D eigenvalue weighted by Crippen LogP contribution is -2.45. The van der Waals surface area contributed by atoms with Crippen molar-refractivity contribution in [2.75, 3.05) is 0 Å². The molecule has 0 fully saturated rings. The first-order valence-electron chi connectivity index (χ1n) is 5.13. The molecule has 2 N–H and O–H groups in total. The Kier molecular flexibility index (Phi) is 4.21. The van der Waals surface area contributed by atoms with Crippen LogP contribution in [0.2, 0.25) is 0 Å². The number of carbonyl (C=O) groups excluding carboxylic acids is 1. The molecule has 0 aromatic heterocycles. The zero-order valence-corrected chi connectivity index (χ0v) is 11.0. The number of nitrogens with two attached hydrogens (primary N) is 1. The van der Waals surface area contributed by atoms with Crippen molar-refractivity contribution in [2.24, 2.45) is 5.73 Å². The fourth-order valence-corrected chi connectivity index (χ4v) is 1.66. The van der Waals surface area contributed by atoms with Gasteiger partial charge in [-0.05, 0) is 40.9 Å². The molecule has 4 heteroatoms. The normalized spacial score (nSPS) is 14.6. The Morgan fingerprint density at radius 3 is 2.75 bits per heavy atom. The third-order valence-electron chi connectivity index (χ3n) is 2.75. The van der Waals surface area contributed by atoms with Crippen molar-refractivity contribution in [3.8, 4) is 0 Å². The molecule has 0 spiro atoms. The molecular weight excluding hydrogens is 273 g/mol. The Morgan fingerprint density at radius 1 is 1.56 bits per heavy atom. The van der Waals surface area contributed by atoms with E-state index in [2.05, 4.69) is 15.9 Å². The van der Waals surface area contributed by atoms with Gasteiger partial charge in [0.1, 0.15) is 5.82 Å². The lowest BCUT2D eigenvalue weighted by molar-refractivity contribution is -0.123. The molecule has 0 heterocycles. The largest absolute Gasteiger partial charge is 0.319 e. The van der Waals surface area contributed by atoms with Crippen LogP contribution in [0, 0.1) is 5.82 Å². The van der Waals surface area contributed by atoms with Crippen LogP contribution in [0.5, 0.6) is 0 Å². The Bertz CT molecular complexity index is 404. The lowest BCUT2D eigenvalue weighted by atomic mass is 9.90. The van der Waals surface area contributed by atoms with Gasteiger partial charge >= 0.3 is 0 Å². The molecule has 0 saturated heterocycles. The Hall–Kier alpha value is -0.740. The number of rotatable bonds is 4. The number of benzene rings is 1. The molecule has 1 rings (SSSR count). The summed E-state index contributed by atoms with van der Waals surface area (Å²) < 4.78 is 13.6. The van der Waals surface area contributed by atoms with Gasteiger partial charge in [-0.15, -0.1) is 0 Å². The van der Waals surface area contributed by atoms with E-state index in [4.69, 9.17) is 5.73 Å². The van der Waals surface area contributed by atoms with Crippen molar-refractivity contribution in [1.82, 2.24) is 0 Å². The number of carbonyl (C=O) groups is 1. The van der Waals surface area contributed by atoms with Crippen LogP contribution in [0.15, 0.2) is 22.7 Å². The average Bonchev–Trinajstić information content (AvgIpc) is 2.24. The second-order valence-corrected chi connectivity index (χ2v) is 4.88. The van der Waals surface area contributed by atoms with Crippen molar-refractivity contribution in [2.45, 2.75) is 32.2 Å². The Labute approximate surface area is 103 Å². The maximum Gasteiger partial charge on any atom is 0.156 e. The van der Waals surface area contributed by atoms with Crippen LogP contribution in [0.4, 0.5) is 4.39 Å². The first-order chi connectivity index (χ1) is 7.38. The molecule has 0 amide bonds. The van der Waals surface area contributed by atoms with E-state index < -0.39 is 5.54 Å². The van der Waals surface area contributed by atoms with Crippen LogP contribution in [0.1, 0.15) is 25.8 Å². The van der Waals surface area contributed by atoms with Gasteiger partial charge in [0, 0.05) is 6.42 Å². The SMILES string of the molecule is CCC(C)(N)C(=O)Cc1cccc(F)c1Br. The van der Waals surface area contributed by atoms with E-state index in [1.54, 1.807) is 19.1 Å². The molecule has 0 aliphatic rings. The van der Waals surface area contributed by atoms with Gasteiger partial charge in [-0.1, -0.05) is 19.1 Å². The van der Waals surface area contributed by atoms with E-state index >= 15 is 0 Å². The molecule has 0 radical (unpaired) electrons. The number of hydrogen-bond donors (Lipinski definition) is 1. The Balaban J connectivity index is 2.90. The summed E-state index contributed by atoms with van der Waals surface area (Å²) in [5.74, 6) is -0.443. The van der Waals surface area contributed by atoms with Crippen LogP contribution in [0.3, 0.4) is 0 Å². The van der Waals surface area contributed by atoms with Crippen LogP contribution >= 0.6 is 15.9 Å². The molecule has 88 valence electrons. The zero-order chi connectivity index (χ0) is 12.3. The molecule has 1 atom stereocenters. The second-order valence-electron chi connectivity index (χ2n) is 4.08. The van der Waals surface area contributed by atoms with Gasteiger partial charge in [0.25, 0.3) is 0 Å². The van der Waals surface area contributed by atoms with E-state index in [0.717, 1.165) is 0 Å². The van der Waals surface area contributed by atoms with Gasteiger partial charge in [0.2, 0.25) is 0 Å². The summed E-state index contributed by atoms with van der Waals surface area (Å²) in [4.78, 5) is 11.9. The van der Waals surface area contributed by atoms with Gasteiger partial charge in [0.15, 0.2) is 5.78 Å². The third-order valence-corrected chi connectivity index (χ3v) is 3.64. The summed E-state index contributed by atoms with van der Waals surface area (Å²) in [6.07, 6.45) is 0.720. The molecular formula is C12H15BrFNO. The summed E-state index contributed by atoms with van der Waals surface area (Å²) in [7, 11) is 0. The second kappa shape index (κ2) is 5.06. The highest BCUT2D eigenvalue weighted by molar-refractivity contribution is 9.10. The van der Waals surface area contributed by atoms with Gasteiger partial charge in [0.05, 0.1) is 10.0 Å². The molecule has 0 aliphatic heterocycles. The van der Waals surface area contributed by atoms with Crippen molar-refractivity contribution >= 4 is 21.7 Å². The number of ketones is 1. The first-order valence-corrected chi connectivity index (χ1v) is 5.93. The summed E-state index contributed by atoms with van der Waals surface area (Å²) >= 11 is 3.13. The zero-order valence-electron chi connectivity index (χ0n) is 9.39. The van der Waals surface area contributed by atoms with Crippen LogP contribution in [-0.4, -0.2) is 11.3 Å². The van der Waals surface area contributed by atoms with E-state index in [1.165, 1.54) is 6.07 Å². The molecule has 0 saturated carbocycles. The van der Waals surface area contributed by atoms with Crippen molar-refractivity contribution < 1.29 is 9.18 Å². The standard InChI is InChI=1S/C12H15BrFNO/c1-3-12(2,15)10(16)7-8-5-4-6-9(14)11(8)13/h4-6H,3,7,15H2,1-2H3. The summed E-state index contributed by atoms with van der Waals surface area (Å²) in [5, 5.41) is 0. The van der Waals surface area contributed by atoms with Gasteiger partial charge in [-0.2, -0.15) is 0 Å². The van der Waals surface area contributed by atoms with Gasteiger partial charge in [-0.3, -0.25) is 4.79 Å². The van der Waals surface area contributed by atoms with E-state index in [9.17, 15) is 9.18 Å². The predicted octanol–water partition coefficient (Wildman–Crippen LogP) is 2.83. The lowest BCUT2D eigenvalue weighted by Gasteiger charge is -2.21. The van der Waals surface area contributed by atoms with Crippen LogP contribution in [0.25, 0.3) is 0 Å². The fourth-order valence-electron chi connectivity index (χ4n) is 1.26. The first kappa shape index (κ1) is 13.3. The van der Waals surface area contributed by atoms with E-state index in [0.29, 0.717) is 16.5 Å². The smallest absolute Gasteiger partial charge is 0.156 e. The Morgan fingerprint density at radius 2 is 2.19 bits per heavy atom. The molecule has 1 unspecified atom stereocenters. The highest BCUT2D eigenvalue weighted by Gasteiger charge is 2.26. The van der Waals surface area contributed by atoms with E-state index in [1.807, 2.05) is 6.92 Å². The molecule has 16 heavy (non-hydrogen) atoms. The topological polar surface area (TPSA) is 43.1 Å². The van der Waals surface area contributed by atoms with Gasteiger partial charge in [-0.25, -0.2) is 4.39 Å². The predicted molar refractivity (Wildman–Crippen MR) is 65.7 cm³/mol. The highest BCUT2D eigenvalue weighted by Crippen LogP contribution is 2.22. The minimum Gasteiger partial charge on any atom is -0.319 e. The maximum atomic E-state index is 13.2. The monoisotopic (exact) mass is 287 g/mol. The molecule has 1 aromatic carbocycles. The summed E-state index contributed by atoms with van der Waals surface area (Å²) in [6.45, 7) is 3.56. The van der Waals surface area contributed by atoms with Crippen LogP contribution < -0.4 is 5.73 Å². The van der Waals surface area contributed by atoms with E-state index in [-0.39, 0.29) is 18.0 Å². The quantitative estimate of drug-likeness (QED) is 0.925. The third kappa shape index (κ3) is 2.89. The van der Waals surface area contributed by atoms with Crippen molar-refractivity contribution in [3.05, 3.63) is 34.1 Å². The maximum absolute atomic E-state index is 13.2. The molecule has 0 aliphatic carbocycles. The van der Waals surface area contributed by atoms with Crippen molar-refractivity contribution in [1.29, 1.82) is 0 Å². The minimum absolute atomic E-state index is 0.0821. The average molecular weight is 288 g/mol. The summed E-state index contributed by atoms with van der Waals surface area (Å²) in [5.41, 5.74) is 5.63. The number of Topliss-reactive ketones (excluding diaryl/α,β-unsaturated/α-hetero) is 1. The number of halogens is 2. The number of hydrogen-bond acceptors (Lipinski definition) is 2. The fraction of sp³-hybridized carbons (Fsp3) is 0.417. The minimum atomic E-state index is -0.842. The molecule has 1 aromatic rings.